The molecule has 1 heterocycles. The van der Waals surface area contributed by atoms with Crippen molar-refractivity contribution in [3.8, 4) is 0 Å². The number of nitrogens with one attached hydrogen (secondary N) is 3. The quantitative estimate of drug-likeness (QED) is 0.552. The summed E-state index contributed by atoms with van der Waals surface area (Å²) < 4.78 is 21.9. The fourth-order valence-corrected chi connectivity index (χ4v) is 1.64. The molecule has 1 rings (SSSR count). The minimum atomic E-state index is -3.24. The highest BCUT2D eigenvalue weighted by Crippen LogP contribution is 2.13. The van der Waals surface area contributed by atoms with Gasteiger partial charge in [0.15, 0.2) is 9.84 Å². The molecule has 1 atom stereocenters. The third-order valence-corrected chi connectivity index (χ3v) is 5.17. The first-order chi connectivity index (χ1) is 8.13. The Bertz CT molecular complexity index is 434. The molecule has 3 N–H and O–H groups in total. The van der Waals surface area contributed by atoms with Crippen molar-refractivity contribution >= 4 is 21.7 Å². The maximum atomic E-state index is 11.8. The van der Waals surface area contributed by atoms with Crippen molar-refractivity contribution in [2.24, 2.45) is 0 Å². The molecule has 8 heteroatoms. The second kappa shape index (κ2) is 5.23. The van der Waals surface area contributed by atoms with Gasteiger partial charge < -0.3 is 10.6 Å². The molecule has 2 amide bonds. The predicted molar refractivity (Wildman–Crippen MR) is 66.7 cm³/mol. The van der Waals surface area contributed by atoms with Crippen LogP contribution >= 0.6 is 0 Å². The van der Waals surface area contributed by atoms with Crippen molar-refractivity contribution in [2.45, 2.75) is 24.6 Å². The first kappa shape index (κ1) is 14.9. The van der Waals surface area contributed by atoms with E-state index in [1.807, 2.05) is 0 Å². The second-order valence-corrected chi connectivity index (χ2v) is 7.64. The van der Waals surface area contributed by atoms with E-state index < -0.39 is 20.6 Å². The van der Waals surface area contributed by atoms with Crippen LogP contribution in [0.5, 0.6) is 0 Å². The third-order valence-electron chi connectivity index (χ3n) is 3.02. The lowest BCUT2D eigenvalue weighted by atomic mass is 10.2. The number of hydrogen-bond acceptors (Lipinski definition) is 5. The molecule has 18 heavy (non-hydrogen) atoms. The number of sulfone groups is 1. The summed E-state index contributed by atoms with van der Waals surface area (Å²) in [5.41, 5.74) is 0. The number of piperazine rings is 1. The van der Waals surface area contributed by atoms with Gasteiger partial charge in [-0.2, -0.15) is 0 Å². The lowest BCUT2D eigenvalue weighted by Gasteiger charge is -2.26. The van der Waals surface area contributed by atoms with E-state index in [4.69, 9.17) is 0 Å². The van der Waals surface area contributed by atoms with Crippen LogP contribution in [0, 0.1) is 0 Å². The van der Waals surface area contributed by atoms with Crippen LogP contribution in [0.15, 0.2) is 0 Å². The zero-order valence-corrected chi connectivity index (χ0v) is 11.6. The monoisotopic (exact) mass is 277 g/mol. The van der Waals surface area contributed by atoms with Gasteiger partial charge >= 0.3 is 0 Å². The average molecular weight is 277 g/mol. The molecular formula is C10H19N3O4S. The first-order valence-corrected chi connectivity index (χ1v) is 7.50. The number of hydrogen-bond donors (Lipinski definition) is 3. The second-order valence-electron chi connectivity index (χ2n) is 4.99. The lowest BCUT2D eigenvalue weighted by Crippen LogP contribution is -2.59. The Morgan fingerprint density at radius 2 is 2.11 bits per heavy atom. The van der Waals surface area contributed by atoms with E-state index in [0.717, 1.165) is 6.26 Å². The Hall–Kier alpha value is -1.15. The molecule has 0 aliphatic carbocycles. The summed E-state index contributed by atoms with van der Waals surface area (Å²) in [4.78, 5) is 22.7. The van der Waals surface area contributed by atoms with Crippen LogP contribution in [0.2, 0.25) is 0 Å². The Balaban J connectivity index is 2.49. The number of rotatable bonds is 4. The van der Waals surface area contributed by atoms with Crippen molar-refractivity contribution in [3.63, 3.8) is 0 Å². The number of carbonyl (C=O) groups excluding carboxylic acids is 2. The van der Waals surface area contributed by atoms with Gasteiger partial charge in [-0.05, 0) is 13.8 Å². The molecule has 0 aromatic rings. The average Bonchev–Trinajstić information content (AvgIpc) is 2.25. The summed E-state index contributed by atoms with van der Waals surface area (Å²) in [7, 11) is -3.24. The Kier molecular flexibility index (Phi) is 4.33. The summed E-state index contributed by atoms with van der Waals surface area (Å²) in [6, 6.07) is -0.516. The molecular weight excluding hydrogens is 258 g/mol. The fourth-order valence-electron chi connectivity index (χ4n) is 1.31. The first-order valence-electron chi connectivity index (χ1n) is 5.61. The SMILES string of the molecule is CC(C)(CNC(=O)C1CNC(=O)CN1)S(C)(=O)=O. The van der Waals surface area contributed by atoms with Crippen molar-refractivity contribution in [1.29, 1.82) is 0 Å². The largest absolute Gasteiger partial charge is 0.353 e. The van der Waals surface area contributed by atoms with Crippen molar-refractivity contribution in [2.75, 3.05) is 25.9 Å². The Morgan fingerprint density at radius 1 is 1.50 bits per heavy atom. The van der Waals surface area contributed by atoms with Gasteiger partial charge in [-0.3, -0.25) is 14.9 Å². The molecule has 1 fully saturated rings. The molecule has 1 aliphatic heterocycles. The van der Waals surface area contributed by atoms with Crippen LogP contribution in [0.25, 0.3) is 0 Å². The van der Waals surface area contributed by atoms with E-state index >= 15 is 0 Å². The minimum absolute atomic E-state index is 0.0385. The van der Waals surface area contributed by atoms with Crippen LogP contribution in [-0.4, -0.2) is 56.9 Å². The maximum absolute atomic E-state index is 11.8. The van der Waals surface area contributed by atoms with Crippen molar-refractivity contribution in [3.05, 3.63) is 0 Å². The van der Waals surface area contributed by atoms with E-state index in [1.165, 1.54) is 0 Å². The van der Waals surface area contributed by atoms with E-state index in [1.54, 1.807) is 13.8 Å². The van der Waals surface area contributed by atoms with E-state index in [9.17, 15) is 18.0 Å². The molecule has 104 valence electrons. The third kappa shape index (κ3) is 3.67. The van der Waals surface area contributed by atoms with Gasteiger partial charge in [0, 0.05) is 19.3 Å². The van der Waals surface area contributed by atoms with Gasteiger partial charge in [-0.1, -0.05) is 0 Å². The number of amides is 2. The molecule has 1 saturated heterocycles. The smallest absolute Gasteiger partial charge is 0.239 e. The molecule has 0 spiro atoms. The van der Waals surface area contributed by atoms with Gasteiger partial charge in [0.2, 0.25) is 11.8 Å². The molecule has 0 aromatic heterocycles. The minimum Gasteiger partial charge on any atom is -0.353 e. The zero-order chi connectivity index (χ0) is 14.0. The fraction of sp³-hybridized carbons (Fsp3) is 0.800. The van der Waals surface area contributed by atoms with Crippen LogP contribution in [0.3, 0.4) is 0 Å². The van der Waals surface area contributed by atoms with E-state index in [0.29, 0.717) is 0 Å². The van der Waals surface area contributed by atoms with Crippen LogP contribution in [0.4, 0.5) is 0 Å². The Morgan fingerprint density at radius 3 is 2.56 bits per heavy atom. The van der Waals surface area contributed by atoms with Crippen LogP contribution in [-0.2, 0) is 19.4 Å². The number of carbonyl (C=O) groups is 2. The lowest BCUT2D eigenvalue weighted by molar-refractivity contribution is -0.126. The molecule has 0 radical (unpaired) electrons. The highest BCUT2D eigenvalue weighted by molar-refractivity contribution is 7.92. The van der Waals surface area contributed by atoms with Gasteiger partial charge in [0.25, 0.3) is 0 Å². The molecule has 1 unspecified atom stereocenters. The van der Waals surface area contributed by atoms with Crippen LogP contribution in [0.1, 0.15) is 13.8 Å². The zero-order valence-electron chi connectivity index (χ0n) is 10.7. The predicted octanol–water partition coefficient (Wildman–Crippen LogP) is -1.99. The molecule has 1 aliphatic rings. The van der Waals surface area contributed by atoms with Gasteiger partial charge in [0.1, 0.15) is 6.04 Å². The molecule has 7 nitrogen and oxygen atoms in total. The normalized spacial score (nSPS) is 21.3. The molecule has 0 saturated carbocycles. The van der Waals surface area contributed by atoms with E-state index in [-0.39, 0.29) is 31.4 Å². The summed E-state index contributed by atoms with van der Waals surface area (Å²) in [5, 5.41) is 7.91. The van der Waals surface area contributed by atoms with Gasteiger partial charge in [0.05, 0.1) is 11.3 Å². The highest BCUT2D eigenvalue weighted by Gasteiger charge is 2.32. The maximum Gasteiger partial charge on any atom is 0.239 e. The standard InChI is InChI=1S/C10H19N3O4S/c1-10(2,18(3,16)17)6-13-9(15)7-4-12-8(14)5-11-7/h7,11H,4-6H2,1-3H3,(H,12,14)(H,13,15). The highest BCUT2D eigenvalue weighted by atomic mass is 32.2. The molecule has 0 bridgehead atoms. The van der Waals surface area contributed by atoms with E-state index in [2.05, 4.69) is 16.0 Å². The van der Waals surface area contributed by atoms with Crippen molar-refractivity contribution < 1.29 is 18.0 Å². The summed E-state index contributed by atoms with van der Waals surface area (Å²) in [6.07, 6.45) is 1.14. The van der Waals surface area contributed by atoms with Gasteiger partial charge in [-0.25, -0.2) is 8.42 Å². The Labute approximate surface area is 107 Å². The van der Waals surface area contributed by atoms with Crippen LogP contribution < -0.4 is 16.0 Å². The summed E-state index contributed by atoms with van der Waals surface area (Å²) >= 11 is 0. The summed E-state index contributed by atoms with van der Waals surface area (Å²) in [5.74, 6) is -0.470. The summed E-state index contributed by atoms with van der Waals surface area (Å²) in [6.45, 7) is 3.45. The topological polar surface area (TPSA) is 104 Å². The van der Waals surface area contributed by atoms with Crippen molar-refractivity contribution in [1.82, 2.24) is 16.0 Å². The van der Waals surface area contributed by atoms with Gasteiger partial charge in [-0.15, -0.1) is 0 Å². The molecule has 0 aromatic carbocycles.